The van der Waals surface area contributed by atoms with Gasteiger partial charge in [-0.05, 0) is 73.2 Å². The SMILES string of the molecule is C=CCOc1ccc(C(C=C)(CCC)CCCc2cccc(Oc3ccccc3)c2)cc1. The quantitative estimate of drug-likeness (QED) is 0.256. The van der Waals surface area contributed by atoms with Crippen LogP contribution >= 0.6 is 0 Å². The third-order valence-electron chi connectivity index (χ3n) is 5.85. The smallest absolute Gasteiger partial charge is 0.127 e. The Bertz CT molecular complexity index is 975. The maximum Gasteiger partial charge on any atom is 0.127 e. The lowest BCUT2D eigenvalue weighted by molar-refractivity contribution is 0.362. The van der Waals surface area contributed by atoms with E-state index >= 15 is 0 Å². The lowest BCUT2D eigenvalue weighted by Crippen LogP contribution is -2.23. The van der Waals surface area contributed by atoms with Crippen molar-refractivity contribution in [2.24, 2.45) is 0 Å². The van der Waals surface area contributed by atoms with Crippen molar-refractivity contribution in [1.29, 1.82) is 0 Å². The second-order valence-corrected chi connectivity index (χ2v) is 8.15. The molecule has 0 aliphatic rings. The summed E-state index contributed by atoms with van der Waals surface area (Å²) in [5, 5.41) is 0. The summed E-state index contributed by atoms with van der Waals surface area (Å²) < 4.78 is 11.7. The summed E-state index contributed by atoms with van der Waals surface area (Å²) in [5.74, 6) is 2.62. The molecule has 0 aliphatic carbocycles. The number of para-hydroxylation sites is 1. The molecule has 0 aliphatic heterocycles. The van der Waals surface area contributed by atoms with Crippen LogP contribution in [0.3, 0.4) is 0 Å². The Balaban J connectivity index is 1.66. The van der Waals surface area contributed by atoms with E-state index in [4.69, 9.17) is 9.47 Å². The van der Waals surface area contributed by atoms with E-state index in [2.05, 4.69) is 68.6 Å². The molecule has 3 rings (SSSR count). The van der Waals surface area contributed by atoms with Crippen molar-refractivity contribution in [3.05, 3.63) is 115 Å². The van der Waals surface area contributed by atoms with E-state index < -0.39 is 0 Å². The predicted octanol–water partition coefficient (Wildman–Crippen LogP) is 8.29. The molecule has 3 aromatic carbocycles. The van der Waals surface area contributed by atoms with E-state index in [0.717, 1.165) is 49.4 Å². The summed E-state index contributed by atoms with van der Waals surface area (Å²) in [7, 11) is 0. The highest BCUT2D eigenvalue weighted by Crippen LogP contribution is 2.37. The molecule has 0 heterocycles. The van der Waals surface area contributed by atoms with Crippen LogP contribution in [0.25, 0.3) is 0 Å². The molecule has 0 bridgehead atoms. The van der Waals surface area contributed by atoms with Gasteiger partial charge in [-0.3, -0.25) is 0 Å². The summed E-state index contributed by atoms with van der Waals surface area (Å²) in [6.45, 7) is 10.7. The minimum absolute atomic E-state index is 0.0239. The van der Waals surface area contributed by atoms with Gasteiger partial charge in [0.25, 0.3) is 0 Å². The molecule has 0 radical (unpaired) electrons. The number of aryl methyl sites for hydroxylation is 1. The van der Waals surface area contributed by atoms with Gasteiger partial charge in [0.05, 0.1) is 0 Å². The first-order valence-electron chi connectivity index (χ1n) is 11.5. The average Bonchev–Trinajstić information content (AvgIpc) is 2.83. The predicted molar refractivity (Wildman–Crippen MR) is 135 cm³/mol. The van der Waals surface area contributed by atoms with Crippen LogP contribution < -0.4 is 9.47 Å². The van der Waals surface area contributed by atoms with E-state index in [0.29, 0.717) is 6.61 Å². The third-order valence-corrected chi connectivity index (χ3v) is 5.85. The molecule has 1 atom stereocenters. The molecule has 2 nitrogen and oxygen atoms in total. The Kier molecular flexibility index (Phi) is 8.74. The standard InChI is InChI=1S/C30H34O2/c1-4-21-30(6-3,26-17-19-27(20-18-26)31-23-5-2)22-11-13-25-12-10-16-29(24-25)32-28-14-8-7-9-15-28/h5-10,12,14-20,24H,2-4,11,13,21-23H2,1H3. The van der Waals surface area contributed by atoms with Crippen LogP contribution in [0.15, 0.2) is 104 Å². The molecule has 0 saturated carbocycles. The molecular formula is C30H34O2. The number of ether oxygens (including phenoxy) is 2. The molecule has 0 amide bonds. The fourth-order valence-electron chi connectivity index (χ4n) is 4.22. The van der Waals surface area contributed by atoms with Gasteiger partial charge in [0.2, 0.25) is 0 Å². The van der Waals surface area contributed by atoms with Gasteiger partial charge >= 0.3 is 0 Å². The molecule has 0 saturated heterocycles. The molecular weight excluding hydrogens is 392 g/mol. The van der Waals surface area contributed by atoms with Crippen molar-refractivity contribution in [3.8, 4) is 17.2 Å². The van der Waals surface area contributed by atoms with Gasteiger partial charge in [0.1, 0.15) is 23.9 Å². The first kappa shape index (κ1) is 23.4. The Morgan fingerprint density at radius 2 is 1.56 bits per heavy atom. The lowest BCUT2D eigenvalue weighted by atomic mass is 9.73. The summed E-state index contributed by atoms with van der Waals surface area (Å²) >= 11 is 0. The van der Waals surface area contributed by atoms with E-state index in [9.17, 15) is 0 Å². The molecule has 3 aromatic rings. The largest absolute Gasteiger partial charge is 0.490 e. The van der Waals surface area contributed by atoms with Crippen LogP contribution in [-0.4, -0.2) is 6.61 Å². The maximum atomic E-state index is 6.00. The van der Waals surface area contributed by atoms with Gasteiger partial charge in [0, 0.05) is 5.41 Å². The fraction of sp³-hybridized carbons (Fsp3) is 0.267. The van der Waals surface area contributed by atoms with Gasteiger partial charge in [-0.25, -0.2) is 0 Å². The third kappa shape index (κ3) is 6.37. The fourth-order valence-corrected chi connectivity index (χ4v) is 4.22. The minimum atomic E-state index is -0.0239. The first-order valence-corrected chi connectivity index (χ1v) is 11.5. The summed E-state index contributed by atoms with van der Waals surface area (Å²) in [6, 6.07) is 26.8. The number of rotatable bonds is 13. The Labute approximate surface area is 193 Å². The first-order chi connectivity index (χ1) is 15.7. The van der Waals surface area contributed by atoms with Crippen molar-refractivity contribution >= 4 is 0 Å². The summed E-state index contributed by atoms with van der Waals surface area (Å²) in [6.07, 6.45) is 9.24. The van der Waals surface area contributed by atoms with Gasteiger partial charge in [-0.15, -0.1) is 6.58 Å². The van der Waals surface area contributed by atoms with Gasteiger partial charge < -0.3 is 9.47 Å². The average molecular weight is 427 g/mol. The van der Waals surface area contributed by atoms with Crippen LogP contribution in [0.4, 0.5) is 0 Å². The van der Waals surface area contributed by atoms with Gasteiger partial charge in [-0.2, -0.15) is 0 Å². The zero-order chi connectivity index (χ0) is 22.7. The van der Waals surface area contributed by atoms with Crippen molar-refractivity contribution in [2.45, 2.75) is 44.4 Å². The highest BCUT2D eigenvalue weighted by atomic mass is 16.5. The van der Waals surface area contributed by atoms with E-state index in [1.54, 1.807) is 6.08 Å². The van der Waals surface area contributed by atoms with Gasteiger partial charge in [-0.1, -0.05) is 74.5 Å². The Morgan fingerprint density at radius 1 is 0.812 bits per heavy atom. The number of benzene rings is 3. The van der Waals surface area contributed by atoms with Crippen molar-refractivity contribution < 1.29 is 9.47 Å². The summed E-state index contributed by atoms with van der Waals surface area (Å²) in [5.41, 5.74) is 2.58. The Hall–Kier alpha value is -3.26. The molecule has 2 heteroatoms. The zero-order valence-corrected chi connectivity index (χ0v) is 19.1. The van der Waals surface area contributed by atoms with E-state index in [1.165, 1.54) is 11.1 Å². The molecule has 0 spiro atoms. The van der Waals surface area contributed by atoms with Crippen LogP contribution in [0, 0.1) is 0 Å². The van der Waals surface area contributed by atoms with Crippen LogP contribution in [0.1, 0.15) is 43.7 Å². The second-order valence-electron chi connectivity index (χ2n) is 8.15. The molecule has 0 fully saturated rings. The topological polar surface area (TPSA) is 18.5 Å². The zero-order valence-electron chi connectivity index (χ0n) is 19.1. The van der Waals surface area contributed by atoms with Crippen LogP contribution in [-0.2, 0) is 11.8 Å². The van der Waals surface area contributed by atoms with Crippen LogP contribution in [0.2, 0.25) is 0 Å². The van der Waals surface area contributed by atoms with E-state index in [-0.39, 0.29) is 5.41 Å². The molecule has 0 aromatic heterocycles. The molecule has 0 N–H and O–H groups in total. The van der Waals surface area contributed by atoms with Crippen molar-refractivity contribution in [1.82, 2.24) is 0 Å². The van der Waals surface area contributed by atoms with Crippen molar-refractivity contribution in [3.63, 3.8) is 0 Å². The Morgan fingerprint density at radius 3 is 2.25 bits per heavy atom. The number of hydrogen-bond donors (Lipinski definition) is 0. The summed E-state index contributed by atoms with van der Waals surface area (Å²) in [4.78, 5) is 0. The van der Waals surface area contributed by atoms with Crippen LogP contribution in [0.5, 0.6) is 17.2 Å². The lowest BCUT2D eigenvalue weighted by Gasteiger charge is -2.31. The maximum absolute atomic E-state index is 6.00. The molecule has 166 valence electrons. The second kappa shape index (κ2) is 12.0. The molecule has 1 unspecified atom stereocenters. The van der Waals surface area contributed by atoms with Crippen molar-refractivity contribution in [2.75, 3.05) is 6.61 Å². The molecule has 32 heavy (non-hydrogen) atoms. The van der Waals surface area contributed by atoms with Gasteiger partial charge in [0.15, 0.2) is 0 Å². The number of allylic oxidation sites excluding steroid dienone is 1. The number of hydrogen-bond acceptors (Lipinski definition) is 2. The highest BCUT2D eigenvalue weighted by Gasteiger charge is 2.27. The van der Waals surface area contributed by atoms with E-state index in [1.807, 2.05) is 36.4 Å². The normalized spacial score (nSPS) is 12.5. The highest BCUT2D eigenvalue weighted by molar-refractivity contribution is 5.36. The monoisotopic (exact) mass is 426 g/mol. The minimum Gasteiger partial charge on any atom is -0.490 e.